The van der Waals surface area contributed by atoms with Crippen LogP contribution in [0.1, 0.15) is 12.5 Å². The molecule has 5 nitrogen and oxygen atoms in total. The van der Waals surface area contributed by atoms with Crippen LogP contribution in [0.3, 0.4) is 0 Å². The summed E-state index contributed by atoms with van der Waals surface area (Å²) < 4.78 is 28.9. The molecule has 6 heteroatoms. The highest BCUT2D eigenvalue weighted by Gasteiger charge is 2.21. The van der Waals surface area contributed by atoms with Crippen molar-refractivity contribution in [2.75, 3.05) is 17.8 Å². The van der Waals surface area contributed by atoms with Crippen molar-refractivity contribution in [2.45, 2.75) is 6.92 Å². The smallest absolute Gasteiger partial charge is 0.349 e. The van der Waals surface area contributed by atoms with Crippen molar-refractivity contribution >= 4 is 38.9 Å². The predicted octanol–water partition coefficient (Wildman–Crippen LogP) is 5.11. The molecule has 0 aromatic heterocycles. The van der Waals surface area contributed by atoms with E-state index in [2.05, 4.69) is 4.90 Å². The molecule has 0 radical (unpaired) electrons. The number of hydrogen-bond donors (Lipinski definition) is 0. The Morgan fingerprint density at radius 1 is 0.833 bits per heavy atom. The van der Waals surface area contributed by atoms with E-state index < -0.39 is 15.8 Å². The van der Waals surface area contributed by atoms with Crippen molar-refractivity contribution in [1.82, 2.24) is 0 Å². The summed E-state index contributed by atoms with van der Waals surface area (Å²) in [4.78, 5) is 13.8. The van der Waals surface area contributed by atoms with Crippen LogP contribution in [0.2, 0.25) is 0 Å². The maximum atomic E-state index is 12.1. The third-order valence-corrected chi connectivity index (χ3v) is 5.44. The van der Waals surface area contributed by atoms with E-state index in [0.717, 1.165) is 23.3 Å². The van der Waals surface area contributed by atoms with Gasteiger partial charge in [-0.25, -0.2) is 13.2 Å². The lowest BCUT2D eigenvalue weighted by Gasteiger charge is -2.25. The Morgan fingerprint density at radius 2 is 1.30 bits per heavy atom. The number of sulfone groups is 1. The van der Waals surface area contributed by atoms with E-state index in [1.165, 1.54) is 6.08 Å². The van der Waals surface area contributed by atoms with Crippen molar-refractivity contribution in [3.63, 3.8) is 0 Å². The summed E-state index contributed by atoms with van der Waals surface area (Å²) in [6.07, 6.45) is 2.34. The average molecular weight is 422 g/mol. The van der Waals surface area contributed by atoms with Gasteiger partial charge in [-0.2, -0.15) is 0 Å². The van der Waals surface area contributed by atoms with Crippen LogP contribution < -0.4 is 4.90 Å². The Hall–Kier alpha value is -3.38. The number of rotatable bonds is 7. The molecular weight excluding hydrogens is 398 g/mol. The Kier molecular flexibility index (Phi) is 6.69. The molecule has 0 heterocycles. The van der Waals surface area contributed by atoms with Gasteiger partial charge < -0.3 is 9.64 Å². The summed E-state index contributed by atoms with van der Waals surface area (Å²) in [5, 5.41) is 0. The van der Waals surface area contributed by atoms with Crippen molar-refractivity contribution in [3.05, 3.63) is 95.4 Å². The monoisotopic (exact) mass is 421 g/mol. The van der Waals surface area contributed by atoms with Gasteiger partial charge in [-0.15, -0.1) is 0 Å². The van der Waals surface area contributed by atoms with Crippen molar-refractivity contribution in [2.24, 2.45) is 0 Å². The summed E-state index contributed by atoms with van der Waals surface area (Å²) >= 11 is 0. The van der Waals surface area contributed by atoms with Crippen LogP contribution in [0.4, 0.5) is 17.1 Å². The van der Waals surface area contributed by atoms with E-state index >= 15 is 0 Å². The maximum Gasteiger partial charge on any atom is 0.349 e. The highest BCUT2D eigenvalue weighted by atomic mass is 32.2. The van der Waals surface area contributed by atoms with Crippen molar-refractivity contribution in [1.29, 1.82) is 0 Å². The summed E-state index contributed by atoms with van der Waals surface area (Å²) in [5.74, 6) is -0.848. The first-order chi connectivity index (χ1) is 14.4. The van der Waals surface area contributed by atoms with Crippen LogP contribution in [0.5, 0.6) is 0 Å². The lowest BCUT2D eigenvalue weighted by molar-refractivity contribution is -0.137. The number of esters is 1. The van der Waals surface area contributed by atoms with Gasteiger partial charge in [0.2, 0.25) is 0 Å². The third-order valence-electron chi connectivity index (χ3n) is 4.35. The zero-order valence-corrected chi connectivity index (χ0v) is 17.7. The number of ether oxygens (including phenoxy) is 1. The number of carbonyl (C=O) groups excluding carboxylic acids is 1. The van der Waals surface area contributed by atoms with E-state index in [9.17, 15) is 13.2 Å². The fourth-order valence-corrected chi connectivity index (χ4v) is 3.70. The molecule has 3 aromatic carbocycles. The molecule has 30 heavy (non-hydrogen) atoms. The van der Waals surface area contributed by atoms with Crippen LogP contribution >= 0.6 is 0 Å². The average Bonchev–Trinajstić information content (AvgIpc) is 2.74. The molecular formula is C24H23NO4S. The molecule has 0 N–H and O–H groups in total. The number of hydrogen-bond acceptors (Lipinski definition) is 5. The lowest BCUT2D eigenvalue weighted by atomic mass is 10.1. The quantitative estimate of drug-likeness (QED) is 0.392. The highest BCUT2D eigenvalue weighted by Crippen LogP contribution is 2.34. The molecule has 0 spiro atoms. The van der Waals surface area contributed by atoms with Gasteiger partial charge in [0.1, 0.15) is 0 Å². The zero-order chi connectivity index (χ0) is 21.6. The first-order valence-electron chi connectivity index (χ1n) is 9.49. The van der Waals surface area contributed by atoms with Gasteiger partial charge in [-0.3, -0.25) is 0 Å². The van der Waals surface area contributed by atoms with E-state index in [1.54, 1.807) is 19.1 Å². The van der Waals surface area contributed by atoms with Gasteiger partial charge in [0.15, 0.2) is 14.7 Å². The first kappa shape index (κ1) is 21.3. The highest BCUT2D eigenvalue weighted by molar-refractivity contribution is 7.95. The standard InChI is InChI=1S/C24H23NO4S/c1-3-29-24(26)23(30(2,27)28)18-19-14-16-22(17-15-19)25(20-10-6-4-7-11-20)21-12-8-5-9-13-21/h4-18H,3H2,1-2H3/b23-18+. The van der Waals surface area contributed by atoms with Crippen LogP contribution in [0, 0.1) is 0 Å². The molecule has 154 valence electrons. The van der Waals surface area contributed by atoms with Crippen molar-refractivity contribution in [3.8, 4) is 0 Å². The molecule has 3 rings (SSSR count). The normalized spacial score (nSPS) is 11.7. The summed E-state index contributed by atoms with van der Waals surface area (Å²) in [6, 6.07) is 27.2. The summed E-state index contributed by atoms with van der Waals surface area (Å²) in [5.41, 5.74) is 3.49. The first-order valence-corrected chi connectivity index (χ1v) is 11.4. The van der Waals surface area contributed by atoms with E-state index in [0.29, 0.717) is 5.56 Å². The molecule has 0 saturated carbocycles. The predicted molar refractivity (Wildman–Crippen MR) is 121 cm³/mol. The molecule has 0 atom stereocenters. The fourth-order valence-electron chi connectivity index (χ4n) is 2.99. The second-order valence-corrected chi connectivity index (χ2v) is 8.58. The summed E-state index contributed by atoms with van der Waals surface area (Å²) in [6.45, 7) is 1.74. The number of carbonyl (C=O) groups is 1. The Morgan fingerprint density at radius 3 is 1.73 bits per heavy atom. The van der Waals surface area contributed by atoms with Gasteiger partial charge in [-0.1, -0.05) is 48.5 Å². The van der Waals surface area contributed by atoms with Crippen LogP contribution in [0.15, 0.2) is 89.8 Å². The number of nitrogens with zero attached hydrogens (tertiary/aromatic N) is 1. The Labute approximate surface area is 177 Å². The minimum Gasteiger partial charge on any atom is -0.462 e. The van der Waals surface area contributed by atoms with Gasteiger partial charge in [-0.05, 0) is 55.0 Å². The Bertz CT molecular complexity index is 1080. The minimum absolute atomic E-state index is 0.105. The Balaban J connectivity index is 2.01. The van der Waals surface area contributed by atoms with Crippen LogP contribution in [0.25, 0.3) is 6.08 Å². The second kappa shape index (κ2) is 9.41. The molecule has 0 aliphatic heterocycles. The topological polar surface area (TPSA) is 63.7 Å². The molecule has 0 bridgehead atoms. The second-order valence-electron chi connectivity index (χ2n) is 6.60. The molecule has 0 unspecified atom stereocenters. The van der Waals surface area contributed by atoms with Crippen LogP contribution in [-0.2, 0) is 19.4 Å². The molecule has 0 aliphatic carbocycles. The molecule has 3 aromatic rings. The minimum atomic E-state index is -3.72. The molecule has 0 aliphatic rings. The lowest BCUT2D eigenvalue weighted by Crippen LogP contribution is -2.15. The largest absolute Gasteiger partial charge is 0.462 e. The van der Waals surface area contributed by atoms with Crippen molar-refractivity contribution < 1.29 is 17.9 Å². The SMILES string of the molecule is CCOC(=O)/C(=C\c1ccc(N(c2ccccc2)c2ccccc2)cc1)S(C)(=O)=O. The molecule has 0 amide bonds. The number of anilines is 3. The van der Waals surface area contributed by atoms with E-state index in [1.807, 2.05) is 72.8 Å². The van der Waals surface area contributed by atoms with Gasteiger partial charge in [0.05, 0.1) is 6.61 Å². The number of para-hydroxylation sites is 2. The van der Waals surface area contributed by atoms with E-state index in [4.69, 9.17) is 4.74 Å². The molecule has 0 fully saturated rings. The maximum absolute atomic E-state index is 12.1. The van der Waals surface area contributed by atoms with E-state index in [-0.39, 0.29) is 11.5 Å². The van der Waals surface area contributed by atoms with Crippen LogP contribution in [-0.4, -0.2) is 27.2 Å². The summed E-state index contributed by atoms with van der Waals surface area (Å²) in [7, 11) is -3.72. The van der Waals surface area contributed by atoms with Gasteiger partial charge in [0.25, 0.3) is 0 Å². The molecule has 0 saturated heterocycles. The third kappa shape index (κ3) is 5.15. The fraction of sp³-hybridized carbons (Fsp3) is 0.125. The van der Waals surface area contributed by atoms with Gasteiger partial charge >= 0.3 is 5.97 Å². The zero-order valence-electron chi connectivity index (χ0n) is 16.9. The van der Waals surface area contributed by atoms with Gasteiger partial charge in [0, 0.05) is 23.3 Å². The number of benzene rings is 3.